The van der Waals surface area contributed by atoms with Crippen LogP contribution in [0.3, 0.4) is 0 Å². The second-order valence-corrected chi connectivity index (χ2v) is 8.99. The Morgan fingerprint density at radius 3 is 2.50 bits per heavy atom. The standard InChI is InChI=1S/C24H22N6O3S/c1-30(20-12-11-19-22(28-20)34-24(27-19)29-21(32)14-5-6-14)17-4-2-3-16(13-17)26-23(33)25-15-7-9-18(31)10-8-15/h2-4,7-14,31H,5-6H2,1H3,(H2,25,26,33)(H,27,29,32). The Hall–Kier alpha value is -4.18. The maximum Gasteiger partial charge on any atom is 0.323 e. The normalized spacial score (nSPS) is 12.9. The summed E-state index contributed by atoms with van der Waals surface area (Å²) in [6, 6.07) is 17.0. The van der Waals surface area contributed by atoms with Gasteiger partial charge in [-0.1, -0.05) is 17.4 Å². The van der Waals surface area contributed by atoms with Gasteiger partial charge in [0.05, 0.1) is 0 Å². The third-order valence-electron chi connectivity index (χ3n) is 5.38. The van der Waals surface area contributed by atoms with Crippen molar-refractivity contribution in [2.75, 3.05) is 27.9 Å². The predicted octanol–water partition coefficient (Wildman–Crippen LogP) is 5.16. The number of nitrogens with one attached hydrogen (secondary N) is 3. The monoisotopic (exact) mass is 474 g/mol. The molecule has 0 radical (unpaired) electrons. The average molecular weight is 475 g/mol. The number of urea groups is 1. The number of fused-ring (bicyclic) bond motifs is 1. The second kappa shape index (κ2) is 8.99. The van der Waals surface area contributed by atoms with Gasteiger partial charge in [0.1, 0.15) is 21.9 Å². The van der Waals surface area contributed by atoms with Gasteiger partial charge in [0.15, 0.2) is 5.13 Å². The van der Waals surface area contributed by atoms with Gasteiger partial charge in [-0.05, 0) is 67.4 Å². The summed E-state index contributed by atoms with van der Waals surface area (Å²) >= 11 is 1.35. The first-order chi connectivity index (χ1) is 16.4. The number of carbonyl (C=O) groups is 2. The number of phenolic OH excluding ortho intramolecular Hbond substituents is 1. The number of thiazole rings is 1. The lowest BCUT2D eigenvalue weighted by Crippen LogP contribution is -2.19. The molecule has 1 aliphatic carbocycles. The topological polar surface area (TPSA) is 119 Å². The number of aromatic hydroxyl groups is 1. The van der Waals surface area contributed by atoms with E-state index in [9.17, 15) is 14.7 Å². The van der Waals surface area contributed by atoms with Crippen LogP contribution < -0.4 is 20.9 Å². The molecule has 0 spiro atoms. The van der Waals surface area contributed by atoms with Crippen molar-refractivity contribution in [3.05, 3.63) is 60.7 Å². The molecule has 1 saturated carbocycles. The minimum Gasteiger partial charge on any atom is -0.508 e. The Bertz CT molecular complexity index is 1370. The van der Waals surface area contributed by atoms with Crippen molar-refractivity contribution in [1.82, 2.24) is 9.97 Å². The number of pyridine rings is 1. The minimum absolute atomic E-state index is 0.0233. The van der Waals surface area contributed by atoms with E-state index in [1.807, 2.05) is 42.3 Å². The van der Waals surface area contributed by atoms with Crippen LogP contribution >= 0.6 is 11.3 Å². The van der Waals surface area contributed by atoms with Crippen LogP contribution in [-0.4, -0.2) is 34.1 Å². The summed E-state index contributed by atoms with van der Waals surface area (Å²) in [5.74, 6) is 0.980. The van der Waals surface area contributed by atoms with Gasteiger partial charge in [-0.2, -0.15) is 0 Å². The maximum absolute atomic E-state index is 12.3. The van der Waals surface area contributed by atoms with Gasteiger partial charge in [0.2, 0.25) is 5.91 Å². The molecule has 2 aromatic heterocycles. The van der Waals surface area contributed by atoms with E-state index in [0.29, 0.717) is 22.3 Å². The van der Waals surface area contributed by atoms with Gasteiger partial charge in [0.25, 0.3) is 0 Å². The van der Waals surface area contributed by atoms with Crippen LogP contribution in [-0.2, 0) is 4.79 Å². The number of hydrogen-bond acceptors (Lipinski definition) is 7. The largest absolute Gasteiger partial charge is 0.508 e. The van der Waals surface area contributed by atoms with Crippen LogP contribution in [0.4, 0.5) is 32.8 Å². The summed E-state index contributed by atoms with van der Waals surface area (Å²) in [6.07, 6.45) is 1.88. The molecule has 2 aromatic carbocycles. The van der Waals surface area contributed by atoms with E-state index in [0.717, 1.165) is 28.9 Å². The molecule has 5 rings (SSSR count). The molecule has 1 aliphatic rings. The summed E-state index contributed by atoms with van der Waals surface area (Å²) in [7, 11) is 1.89. The highest BCUT2D eigenvalue weighted by molar-refractivity contribution is 7.22. The zero-order chi connectivity index (χ0) is 23.7. The van der Waals surface area contributed by atoms with Crippen molar-refractivity contribution in [2.24, 2.45) is 5.92 Å². The highest BCUT2D eigenvalue weighted by atomic mass is 32.1. The number of hydrogen-bond donors (Lipinski definition) is 4. The molecule has 1 fully saturated rings. The molecule has 0 atom stereocenters. The quantitative estimate of drug-likeness (QED) is 0.287. The molecule has 9 nitrogen and oxygen atoms in total. The van der Waals surface area contributed by atoms with Gasteiger partial charge in [-0.25, -0.2) is 14.8 Å². The van der Waals surface area contributed by atoms with Crippen LogP contribution in [0.25, 0.3) is 10.3 Å². The number of benzene rings is 2. The van der Waals surface area contributed by atoms with Gasteiger partial charge in [-0.15, -0.1) is 0 Å². The van der Waals surface area contributed by atoms with E-state index in [2.05, 4.69) is 20.9 Å². The molecule has 0 aliphatic heterocycles. The van der Waals surface area contributed by atoms with Crippen molar-refractivity contribution >= 4 is 61.6 Å². The summed E-state index contributed by atoms with van der Waals surface area (Å²) in [4.78, 5) is 36.2. The van der Waals surface area contributed by atoms with E-state index in [-0.39, 0.29) is 17.6 Å². The lowest BCUT2D eigenvalue weighted by atomic mass is 10.2. The number of amides is 3. The molecular weight excluding hydrogens is 452 g/mol. The van der Waals surface area contributed by atoms with Crippen molar-refractivity contribution in [2.45, 2.75) is 12.8 Å². The maximum atomic E-state index is 12.3. The molecule has 0 saturated heterocycles. The summed E-state index contributed by atoms with van der Waals surface area (Å²) in [6.45, 7) is 0. The first kappa shape index (κ1) is 21.7. The van der Waals surface area contributed by atoms with Crippen molar-refractivity contribution in [3.8, 4) is 5.75 Å². The van der Waals surface area contributed by atoms with E-state index in [1.165, 1.54) is 23.5 Å². The SMILES string of the molecule is CN(c1cccc(NC(=O)Nc2ccc(O)cc2)c1)c1ccc2nc(NC(=O)C3CC3)sc2n1. The molecule has 10 heteroatoms. The van der Waals surface area contributed by atoms with E-state index < -0.39 is 6.03 Å². The van der Waals surface area contributed by atoms with Gasteiger partial charge in [0, 0.05) is 30.0 Å². The molecular formula is C24H22N6O3S. The Morgan fingerprint density at radius 1 is 0.971 bits per heavy atom. The van der Waals surface area contributed by atoms with Gasteiger partial charge >= 0.3 is 6.03 Å². The zero-order valence-electron chi connectivity index (χ0n) is 18.3. The molecule has 0 unspecified atom stereocenters. The number of phenols is 1. The number of aromatic nitrogens is 2. The van der Waals surface area contributed by atoms with E-state index in [4.69, 9.17) is 4.98 Å². The third-order valence-corrected chi connectivity index (χ3v) is 6.26. The molecule has 4 aromatic rings. The molecule has 3 amide bonds. The first-order valence-electron chi connectivity index (χ1n) is 10.7. The number of rotatable bonds is 6. The highest BCUT2D eigenvalue weighted by Gasteiger charge is 2.30. The lowest BCUT2D eigenvalue weighted by Gasteiger charge is -2.19. The van der Waals surface area contributed by atoms with Crippen molar-refractivity contribution in [3.63, 3.8) is 0 Å². The van der Waals surface area contributed by atoms with Crippen molar-refractivity contribution < 1.29 is 14.7 Å². The van der Waals surface area contributed by atoms with Gasteiger partial charge < -0.3 is 26.0 Å². The molecule has 4 N–H and O–H groups in total. The highest BCUT2D eigenvalue weighted by Crippen LogP contribution is 2.33. The van der Waals surface area contributed by atoms with E-state index >= 15 is 0 Å². The predicted molar refractivity (Wildman–Crippen MR) is 134 cm³/mol. The third kappa shape index (κ3) is 4.91. The Morgan fingerprint density at radius 2 is 1.74 bits per heavy atom. The first-order valence-corrected chi connectivity index (χ1v) is 11.6. The van der Waals surface area contributed by atoms with Crippen LogP contribution in [0.5, 0.6) is 5.75 Å². The smallest absolute Gasteiger partial charge is 0.323 e. The Kier molecular flexibility index (Phi) is 5.72. The fourth-order valence-corrected chi connectivity index (χ4v) is 4.20. The second-order valence-electron chi connectivity index (χ2n) is 8.01. The number of nitrogens with zero attached hydrogens (tertiary/aromatic N) is 3. The lowest BCUT2D eigenvalue weighted by molar-refractivity contribution is -0.117. The number of anilines is 5. The summed E-state index contributed by atoms with van der Waals surface area (Å²) < 4.78 is 0. The van der Waals surface area contributed by atoms with Gasteiger partial charge in [-0.3, -0.25) is 4.79 Å². The van der Waals surface area contributed by atoms with Crippen molar-refractivity contribution in [1.29, 1.82) is 0 Å². The minimum atomic E-state index is -0.393. The molecule has 0 bridgehead atoms. The fraction of sp³-hybridized carbons (Fsp3) is 0.167. The van der Waals surface area contributed by atoms with E-state index in [1.54, 1.807) is 18.2 Å². The number of carbonyl (C=O) groups excluding carboxylic acids is 2. The zero-order valence-corrected chi connectivity index (χ0v) is 19.1. The molecule has 2 heterocycles. The van der Waals surface area contributed by atoms with Crippen LogP contribution in [0.15, 0.2) is 60.7 Å². The fourth-order valence-electron chi connectivity index (χ4n) is 3.36. The summed E-state index contributed by atoms with van der Waals surface area (Å²) in [5, 5.41) is 18.3. The Balaban J connectivity index is 1.28. The van der Waals surface area contributed by atoms with Crippen LogP contribution in [0, 0.1) is 5.92 Å². The molecule has 172 valence electrons. The Labute approximate surface area is 199 Å². The van der Waals surface area contributed by atoms with Crippen LogP contribution in [0.1, 0.15) is 12.8 Å². The molecule has 34 heavy (non-hydrogen) atoms. The average Bonchev–Trinajstić information content (AvgIpc) is 3.60. The summed E-state index contributed by atoms with van der Waals surface area (Å²) in [5.41, 5.74) is 2.75. The van der Waals surface area contributed by atoms with Crippen LogP contribution in [0.2, 0.25) is 0 Å².